The van der Waals surface area contributed by atoms with Crippen LogP contribution in [0.25, 0.3) is 0 Å². The summed E-state index contributed by atoms with van der Waals surface area (Å²) < 4.78 is 2.00. The van der Waals surface area contributed by atoms with E-state index in [1.807, 2.05) is 23.1 Å². The third-order valence-electron chi connectivity index (χ3n) is 3.07. The van der Waals surface area contributed by atoms with E-state index in [4.69, 9.17) is 0 Å². The first-order valence-corrected chi connectivity index (χ1v) is 6.99. The lowest BCUT2D eigenvalue weighted by Crippen LogP contribution is -2.47. The SMILES string of the molecule is BrCCN1CCN(CCn2cccn2)CC1. The first-order valence-electron chi connectivity index (χ1n) is 5.86. The van der Waals surface area contributed by atoms with Crippen LogP contribution in [-0.2, 0) is 6.54 Å². The van der Waals surface area contributed by atoms with Gasteiger partial charge in [0.2, 0.25) is 0 Å². The van der Waals surface area contributed by atoms with Crippen molar-refractivity contribution in [1.29, 1.82) is 0 Å². The maximum Gasteiger partial charge on any atom is 0.0536 e. The maximum absolute atomic E-state index is 4.22. The number of halogens is 1. The van der Waals surface area contributed by atoms with Crippen molar-refractivity contribution in [2.24, 2.45) is 0 Å². The molecule has 1 aliphatic heterocycles. The summed E-state index contributed by atoms with van der Waals surface area (Å²) in [5.74, 6) is 0. The first-order chi connectivity index (χ1) is 7.88. The fourth-order valence-electron chi connectivity index (χ4n) is 2.03. The molecular weight excluding hydrogens is 268 g/mol. The van der Waals surface area contributed by atoms with Crippen LogP contribution in [0.5, 0.6) is 0 Å². The van der Waals surface area contributed by atoms with Gasteiger partial charge < -0.3 is 0 Å². The zero-order valence-electron chi connectivity index (χ0n) is 9.56. The second-order valence-corrected chi connectivity index (χ2v) is 4.93. The smallest absolute Gasteiger partial charge is 0.0536 e. The molecule has 2 rings (SSSR count). The quantitative estimate of drug-likeness (QED) is 0.752. The van der Waals surface area contributed by atoms with E-state index in [0.29, 0.717) is 0 Å². The summed E-state index contributed by atoms with van der Waals surface area (Å²) in [7, 11) is 0. The fourth-order valence-corrected chi connectivity index (χ4v) is 2.53. The van der Waals surface area contributed by atoms with Gasteiger partial charge >= 0.3 is 0 Å². The van der Waals surface area contributed by atoms with Crippen molar-refractivity contribution in [3.8, 4) is 0 Å². The van der Waals surface area contributed by atoms with Crippen LogP contribution < -0.4 is 0 Å². The minimum atomic E-state index is 1.01. The van der Waals surface area contributed by atoms with E-state index in [1.54, 1.807) is 0 Å². The number of rotatable bonds is 5. The summed E-state index contributed by atoms with van der Waals surface area (Å²) in [6.45, 7) is 8.07. The predicted molar refractivity (Wildman–Crippen MR) is 68.9 cm³/mol. The predicted octanol–water partition coefficient (Wildman–Crippen LogP) is 0.896. The molecule has 2 heterocycles. The molecule has 90 valence electrons. The van der Waals surface area contributed by atoms with Crippen LogP contribution in [0.3, 0.4) is 0 Å². The highest BCUT2D eigenvalue weighted by Crippen LogP contribution is 2.02. The maximum atomic E-state index is 4.22. The summed E-state index contributed by atoms with van der Waals surface area (Å²) >= 11 is 3.49. The molecule has 5 heteroatoms. The molecule has 0 aromatic carbocycles. The van der Waals surface area contributed by atoms with Gasteiger partial charge in [-0.2, -0.15) is 5.10 Å². The number of aromatic nitrogens is 2. The molecule has 1 saturated heterocycles. The van der Waals surface area contributed by atoms with Crippen molar-refractivity contribution in [3.63, 3.8) is 0 Å². The molecule has 1 aliphatic rings. The Kier molecular flexibility index (Phi) is 4.81. The molecule has 0 bridgehead atoms. The summed E-state index contributed by atoms with van der Waals surface area (Å²) in [6.07, 6.45) is 3.87. The van der Waals surface area contributed by atoms with Crippen LogP contribution in [-0.4, -0.2) is 64.2 Å². The minimum Gasteiger partial charge on any atom is -0.300 e. The third kappa shape index (κ3) is 3.57. The Labute approximate surface area is 105 Å². The molecule has 0 N–H and O–H groups in total. The molecule has 1 aromatic rings. The average molecular weight is 287 g/mol. The Bertz CT molecular complexity index is 280. The van der Waals surface area contributed by atoms with E-state index >= 15 is 0 Å². The third-order valence-corrected chi connectivity index (χ3v) is 3.42. The van der Waals surface area contributed by atoms with Gasteiger partial charge in [-0.25, -0.2) is 0 Å². The Hall–Kier alpha value is -0.390. The van der Waals surface area contributed by atoms with Crippen molar-refractivity contribution in [1.82, 2.24) is 19.6 Å². The van der Waals surface area contributed by atoms with Crippen molar-refractivity contribution >= 4 is 15.9 Å². The van der Waals surface area contributed by atoms with Crippen LogP contribution in [0.1, 0.15) is 0 Å². The van der Waals surface area contributed by atoms with Gasteiger partial charge in [0, 0.05) is 57.0 Å². The highest BCUT2D eigenvalue weighted by Gasteiger charge is 2.15. The molecule has 1 aromatic heterocycles. The van der Waals surface area contributed by atoms with Crippen molar-refractivity contribution in [2.75, 3.05) is 44.6 Å². The topological polar surface area (TPSA) is 24.3 Å². The van der Waals surface area contributed by atoms with Gasteiger partial charge in [-0.1, -0.05) is 15.9 Å². The lowest BCUT2D eigenvalue weighted by atomic mass is 10.3. The fraction of sp³-hybridized carbons (Fsp3) is 0.727. The minimum absolute atomic E-state index is 1.01. The number of nitrogens with zero attached hydrogens (tertiary/aromatic N) is 4. The summed E-state index contributed by atoms with van der Waals surface area (Å²) in [5, 5.41) is 5.30. The molecule has 16 heavy (non-hydrogen) atoms. The van der Waals surface area contributed by atoms with Gasteiger partial charge in [-0.05, 0) is 6.07 Å². The largest absolute Gasteiger partial charge is 0.300 e. The number of hydrogen-bond donors (Lipinski definition) is 0. The van der Waals surface area contributed by atoms with Crippen LogP contribution in [0.15, 0.2) is 18.5 Å². The van der Waals surface area contributed by atoms with Crippen molar-refractivity contribution in [3.05, 3.63) is 18.5 Å². The lowest BCUT2D eigenvalue weighted by Gasteiger charge is -2.34. The molecule has 0 amide bonds. The normalized spacial score (nSPS) is 19.1. The highest BCUT2D eigenvalue weighted by molar-refractivity contribution is 9.09. The monoisotopic (exact) mass is 286 g/mol. The van der Waals surface area contributed by atoms with E-state index in [-0.39, 0.29) is 0 Å². The molecule has 0 spiro atoms. The average Bonchev–Trinajstić information content (AvgIpc) is 2.82. The molecular formula is C11H19BrN4. The van der Waals surface area contributed by atoms with Gasteiger partial charge in [-0.15, -0.1) is 0 Å². The molecule has 0 unspecified atom stereocenters. The Balaban J connectivity index is 1.65. The van der Waals surface area contributed by atoms with Crippen molar-refractivity contribution in [2.45, 2.75) is 6.54 Å². The Morgan fingerprint density at radius 2 is 1.69 bits per heavy atom. The van der Waals surface area contributed by atoms with Gasteiger partial charge in [-0.3, -0.25) is 14.5 Å². The molecule has 4 nitrogen and oxygen atoms in total. The molecule has 0 radical (unpaired) electrons. The van der Waals surface area contributed by atoms with E-state index in [9.17, 15) is 0 Å². The van der Waals surface area contributed by atoms with E-state index in [2.05, 4.69) is 30.8 Å². The first kappa shape index (κ1) is 12.1. The molecule has 0 aliphatic carbocycles. The van der Waals surface area contributed by atoms with Gasteiger partial charge in [0.05, 0.1) is 6.54 Å². The lowest BCUT2D eigenvalue weighted by molar-refractivity contribution is 0.134. The van der Waals surface area contributed by atoms with Gasteiger partial charge in [0.15, 0.2) is 0 Å². The van der Waals surface area contributed by atoms with E-state index in [0.717, 1.165) is 18.4 Å². The zero-order valence-corrected chi connectivity index (χ0v) is 11.1. The van der Waals surface area contributed by atoms with Crippen LogP contribution in [0.4, 0.5) is 0 Å². The van der Waals surface area contributed by atoms with Crippen molar-refractivity contribution < 1.29 is 0 Å². The second-order valence-electron chi connectivity index (χ2n) is 4.14. The van der Waals surface area contributed by atoms with Crippen LogP contribution >= 0.6 is 15.9 Å². The number of hydrogen-bond acceptors (Lipinski definition) is 3. The summed E-state index contributed by atoms with van der Waals surface area (Å²) in [4.78, 5) is 5.03. The summed E-state index contributed by atoms with van der Waals surface area (Å²) in [5.41, 5.74) is 0. The van der Waals surface area contributed by atoms with Crippen LogP contribution in [0.2, 0.25) is 0 Å². The highest BCUT2D eigenvalue weighted by atomic mass is 79.9. The zero-order chi connectivity index (χ0) is 11.2. The van der Waals surface area contributed by atoms with Crippen LogP contribution in [0, 0.1) is 0 Å². The van der Waals surface area contributed by atoms with E-state index < -0.39 is 0 Å². The molecule has 0 atom stereocenters. The second kappa shape index (κ2) is 6.37. The van der Waals surface area contributed by atoms with Gasteiger partial charge in [0.1, 0.15) is 0 Å². The Morgan fingerprint density at radius 1 is 1.00 bits per heavy atom. The van der Waals surface area contributed by atoms with E-state index in [1.165, 1.54) is 32.7 Å². The molecule has 1 fully saturated rings. The number of piperazine rings is 1. The Morgan fingerprint density at radius 3 is 2.25 bits per heavy atom. The summed E-state index contributed by atoms with van der Waals surface area (Å²) in [6, 6.07) is 1.98. The number of alkyl halides is 1. The van der Waals surface area contributed by atoms with Gasteiger partial charge in [0.25, 0.3) is 0 Å². The molecule has 0 saturated carbocycles. The standard InChI is InChI=1S/C11H19BrN4/c12-2-5-14-6-8-15(9-7-14)10-11-16-4-1-3-13-16/h1,3-4H,2,5-11H2.